The zero-order valence-electron chi connectivity index (χ0n) is 11.9. The Morgan fingerprint density at radius 2 is 2.10 bits per heavy atom. The number of amides is 2. The van der Waals surface area contributed by atoms with Crippen LogP contribution in [0.15, 0.2) is 0 Å². The molecule has 1 atom stereocenters. The maximum absolute atomic E-state index is 11.5. The third-order valence-corrected chi connectivity index (χ3v) is 3.02. The fourth-order valence-electron chi connectivity index (χ4n) is 1.61. The van der Waals surface area contributed by atoms with Crippen LogP contribution in [0, 0.1) is 5.92 Å². The van der Waals surface area contributed by atoms with Crippen molar-refractivity contribution >= 4 is 12.0 Å². The SMILES string of the molecule is COCCC(NC(=O)NCCCOCC1CC1)C(=O)O. The molecule has 0 aliphatic heterocycles. The average Bonchev–Trinajstić information content (AvgIpc) is 3.22. The van der Waals surface area contributed by atoms with Crippen LogP contribution < -0.4 is 10.6 Å². The Labute approximate surface area is 119 Å². The monoisotopic (exact) mass is 288 g/mol. The van der Waals surface area contributed by atoms with Crippen molar-refractivity contribution in [2.45, 2.75) is 31.7 Å². The largest absolute Gasteiger partial charge is 0.480 e. The minimum Gasteiger partial charge on any atom is -0.480 e. The van der Waals surface area contributed by atoms with E-state index in [4.69, 9.17) is 14.6 Å². The number of ether oxygens (including phenoxy) is 2. The molecule has 1 rings (SSSR count). The number of rotatable bonds is 11. The number of nitrogens with one attached hydrogen (secondary N) is 2. The maximum Gasteiger partial charge on any atom is 0.326 e. The molecule has 0 saturated heterocycles. The molecule has 0 aromatic carbocycles. The molecule has 116 valence electrons. The molecule has 7 heteroatoms. The van der Waals surface area contributed by atoms with E-state index >= 15 is 0 Å². The summed E-state index contributed by atoms with van der Waals surface area (Å²) in [5.41, 5.74) is 0. The summed E-state index contributed by atoms with van der Waals surface area (Å²) in [4.78, 5) is 22.4. The lowest BCUT2D eigenvalue weighted by Gasteiger charge is -2.14. The minimum atomic E-state index is -1.06. The first-order valence-corrected chi connectivity index (χ1v) is 6.97. The Morgan fingerprint density at radius 1 is 1.35 bits per heavy atom. The third kappa shape index (κ3) is 7.96. The smallest absolute Gasteiger partial charge is 0.326 e. The van der Waals surface area contributed by atoms with Crippen molar-refractivity contribution in [1.82, 2.24) is 10.6 Å². The first kappa shape index (κ1) is 16.7. The molecule has 1 aliphatic rings. The first-order valence-electron chi connectivity index (χ1n) is 6.97. The van der Waals surface area contributed by atoms with Crippen LogP contribution in [0.2, 0.25) is 0 Å². The van der Waals surface area contributed by atoms with Gasteiger partial charge >= 0.3 is 12.0 Å². The Kier molecular flexibility index (Phi) is 7.98. The van der Waals surface area contributed by atoms with E-state index in [0.29, 0.717) is 13.2 Å². The summed E-state index contributed by atoms with van der Waals surface area (Å²) in [6.07, 6.45) is 3.48. The van der Waals surface area contributed by atoms with Gasteiger partial charge in [-0.05, 0) is 25.2 Å². The summed E-state index contributed by atoms with van der Waals surface area (Å²) in [6, 6.07) is -1.41. The van der Waals surface area contributed by atoms with E-state index in [-0.39, 0.29) is 13.0 Å². The molecule has 1 aliphatic carbocycles. The van der Waals surface area contributed by atoms with E-state index in [2.05, 4.69) is 10.6 Å². The van der Waals surface area contributed by atoms with Crippen molar-refractivity contribution < 1.29 is 24.2 Å². The van der Waals surface area contributed by atoms with Gasteiger partial charge in [0.1, 0.15) is 6.04 Å². The molecule has 3 N–H and O–H groups in total. The van der Waals surface area contributed by atoms with Crippen LogP contribution in [0.3, 0.4) is 0 Å². The lowest BCUT2D eigenvalue weighted by atomic mass is 10.2. The first-order chi connectivity index (χ1) is 9.63. The number of urea groups is 1. The number of aliphatic carboxylic acids is 1. The number of carbonyl (C=O) groups excluding carboxylic acids is 1. The lowest BCUT2D eigenvalue weighted by Crippen LogP contribution is -2.46. The Balaban J connectivity index is 2.02. The van der Waals surface area contributed by atoms with E-state index in [1.165, 1.54) is 20.0 Å². The third-order valence-electron chi connectivity index (χ3n) is 3.02. The number of carboxylic acid groups (broad SMARTS) is 1. The van der Waals surface area contributed by atoms with E-state index in [1.807, 2.05) is 0 Å². The number of hydrogen-bond donors (Lipinski definition) is 3. The van der Waals surface area contributed by atoms with Gasteiger partial charge in [-0.1, -0.05) is 0 Å². The molecule has 0 spiro atoms. The fraction of sp³-hybridized carbons (Fsp3) is 0.846. The quantitative estimate of drug-likeness (QED) is 0.484. The zero-order chi connectivity index (χ0) is 14.8. The van der Waals surface area contributed by atoms with E-state index in [1.54, 1.807) is 0 Å². The summed E-state index contributed by atoms with van der Waals surface area (Å²) in [6.45, 7) is 2.17. The van der Waals surface area contributed by atoms with Gasteiger partial charge < -0.3 is 25.2 Å². The molecular weight excluding hydrogens is 264 g/mol. The van der Waals surface area contributed by atoms with Crippen molar-refractivity contribution in [2.75, 3.05) is 33.5 Å². The summed E-state index contributed by atoms with van der Waals surface area (Å²) in [5.74, 6) is -0.326. The lowest BCUT2D eigenvalue weighted by molar-refractivity contribution is -0.139. The van der Waals surface area contributed by atoms with Crippen LogP contribution in [0.4, 0.5) is 4.79 Å². The van der Waals surface area contributed by atoms with Gasteiger partial charge in [-0.3, -0.25) is 0 Å². The summed E-state index contributed by atoms with van der Waals surface area (Å²) < 4.78 is 10.2. The van der Waals surface area contributed by atoms with Gasteiger partial charge in [0.15, 0.2) is 0 Å². The second kappa shape index (κ2) is 9.55. The van der Waals surface area contributed by atoms with Gasteiger partial charge in [0.2, 0.25) is 0 Å². The molecular formula is C13H24N2O5. The molecule has 20 heavy (non-hydrogen) atoms. The van der Waals surface area contributed by atoms with E-state index in [0.717, 1.165) is 18.9 Å². The second-order valence-electron chi connectivity index (χ2n) is 4.94. The topological polar surface area (TPSA) is 96.9 Å². The summed E-state index contributed by atoms with van der Waals surface area (Å²) in [5, 5.41) is 13.9. The van der Waals surface area contributed by atoms with Gasteiger partial charge in [-0.2, -0.15) is 0 Å². The van der Waals surface area contributed by atoms with Crippen molar-refractivity contribution in [3.05, 3.63) is 0 Å². The highest BCUT2D eigenvalue weighted by atomic mass is 16.5. The van der Waals surface area contributed by atoms with Crippen molar-refractivity contribution in [2.24, 2.45) is 5.92 Å². The van der Waals surface area contributed by atoms with Crippen LogP contribution in [-0.4, -0.2) is 56.6 Å². The van der Waals surface area contributed by atoms with Crippen LogP contribution in [0.25, 0.3) is 0 Å². The molecule has 1 saturated carbocycles. The van der Waals surface area contributed by atoms with Crippen molar-refractivity contribution in [1.29, 1.82) is 0 Å². The van der Waals surface area contributed by atoms with Crippen LogP contribution in [0.5, 0.6) is 0 Å². The van der Waals surface area contributed by atoms with Crippen molar-refractivity contribution in [3.8, 4) is 0 Å². The second-order valence-corrected chi connectivity index (χ2v) is 4.94. The van der Waals surface area contributed by atoms with Gasteiger partial charge in [0.05, 0.1) is 0 Å². The van der Waals surface area contributed by atoms with Crippen LogP contribution >= 0.6 is 0 Å². The van der Waals surface area contributed by atoms with Crippen molar-refractivity contribution in [3.63, 3.8) is 0 Å². The van der Waals surface area contributed by atoms with Gasteiger partial charge in [0, 0.05) is 39.9 Å². The number of hydrogen-bond acceptors (Lipinski definition) is 4. The number of carbonyl (C=O) groups is 2. The Morgan fingerprint density at radius 3 is 2.70 bits per heavy atom. The van der Waals surface area contributed by atoms with Crippen LogP contribution in [-0.2, 0) is 14.3 Å². The van der Waals surface area contributed by atoms with Crippen LogP contribution in [0.1, 0.15) is 25.7 Å². The molecule has 0 aromatic heterocycles. The summed E-state index contributed by atoms with van der Waals surface area (Å²) >= 11 is 0. The Bertz CT molecular complexity index is 307. The van der Waals surface area contributed by atoms with Gasteiger partial charge in [0.25, 0.3) is 0 Å². The summed E-state index contributed by atoms with van der Waals surface area (Å²) in [7, 11) is 1.49. The minimum absolute atomic E-state index is 0.240. The molecule has 0 heterocycles. The van der Waals surface area contributed by atoms with E-state index in [9.17, 15) is 9.59 Å². The van der Waals surface area contributed by atoms with Gasteiger partial charge in [-0.15, -0.1) is 0 Å². The average molecular weight is 288 g/mol. The molecule has 1 unspecified atom stereocenters. The Hall–Kier alpha value is -1.34. The maximum atomic E-state index is 11.5. The molecule has 0 bridgehead atoms. The normalized spacial score (nSPS) is 15.7. The highest BCUT2D eigenvalue weighted by Gasteiger charge is 2.21. The number of carboxylic acids is 1. The predicted molar refractivity (Wildman–Crippen MR) is 72.6 cm³/mol. The highest BCUT2D eigenvalue weighted by molar-refractivity contribution is 5.82. The molecule has 7 nitrogen and oxygen atoms in total. The highest BCUT2D eigenvalue weighted by Crippen LogP contribution is 2.28. The molecule has 0 aromatic rings. The fourth-order valence-corrected chi connectivity index (χ4v) is 1.61. The molecule has 1 fully saturated rings. The van der Waals surface area contributed by atoms with Gasteiger partial charge in [-0.25, -0.2) is 9.59 Å². The molecule has 2 amide bonds. The zero-order valence-corrected chi connectivity index (χ0v) is 11.9. The predicted octanol–water partition coefficient (Wildman–Crippen LogP) is 0.592. The number of methoxy groups -OCH3 is 1. The van der Waals surface area contributed by atoms with E-state index < -0.39 is 18.0 Å². The standard InChI is InChI=1S/C13H24N2O5/c1-19-8-5-11(12(16)17)15-13(18)14-6-2-7-20-9-10-3-4-10/h10-11H,2-9H2,1H3,(H,16,17)(H2,14,15,18). The molecule has 0 radical (unpaired) electrons.